The van der Waals surface area contributed by atoms with Crippen molar-refractivity contribution >= 4 is 39.9 Å². The molecule has 2 aromatic rings. The van der Waals surface area contributed by atoms with Crippen LogP contribution in [0.15, 0.2) is 36.4 Å². The number of phenolic OH excluding ortho intramolecular Hbond substituents is 2. The van der Waals surface area contributed by atoms with Gasteiger partial charge in [0.15, 0.2) is 6.29 Å². The molecule has 12 heteroatoms. The van der Waals surface area contributed by atoms with Crippen LogP contribution in [0.5, 0.6) is 11.5 Å². The second kappa shape index (κ2) is 11.3. The van der Waals surface area contributed by atoms with Crippen LogP contribution in [0.25, 0.3) is 0 Å². The number of aromatic hydroxyl groups is 2. The van der Waals surface area contributed by atoms with Crippen molar-refractivity contribution < 1.29 is 32.3 Å². The van der Waals surface area contributed by atoms with Crippen molar-refractivity contribution in [1.82, 2.24) is 0 Å². The number of nitriles is 1. The Morgan fingerprint density at radius 2 is 1.54 bits per heavy atom. The topological polar surface area (TPSA) is 171 Å². The smallest absolute Gasteiger partial charge is 0.413 e. The second-order valence-corrected chi connectivity index (χ2v) is 6.04. The molecular weight excluding hydrogens is 411 g/mol. The normalized spacial score (nSPS) is 9.65. The Bertz CT molecular complexity index is 899. The number of nitrogens with two attached hydrogens (primary N) is 1. The molecule has 0 aliphatic rings. The zero-order valence-corrected chi connectivity index (χ0v) is 15.0. The Labute approximate surface area is 158 Å². The maximum Gasteiger partial charge on any atom is 0.413 e. The maximum atomic E-state index is 10.2. The lowest BCUT2D eigenvalue weighted by Crippen LogP contribution is -2.08. The molecule has 0 bridgehead atoms. The summed E-state index contributed by atoms with van der Waals surface area (Å²) in [4.78, 5) is 10.2. The maximum absolute atomic E-state index is 10.2. The first-order valence-corrected chi connectivity index (χ1v) is 8.34. The monoisotopic (exact) mass is 422 g/mol. The van der Waals surface area contributed by atoms with Gasteiger partial charge in [-0.3, -0.25) is 9.35 Å². The summed E-state index contributed by atoms with van der Waals surface area (Å²) >= 11 is 11.1. The van der Waals surface area contributed by atoms with Gasteiger partial charge in [0.05, 0.1) is 11.1 Å². The van der Waals surface area contributed by atoms with Crippen LogP contribution < -0.4 is 5.90 Å². The summed E-state index contributed by atoms with van der Waals surface area (Å²) in [6.07, 6.45) is 0.557. The fourth-order valence-corrected chi connectivity index (χ4v) is 1.57. The zero-order chi connectivity index (χ0) is 20.3. The first-order valence-electron chi connectivity index (χ1n) is 6.22. The Morgan fingerprint density at radius 3 is 1.88 bits per heavy atom. The number of hydrogen-bond acceptors (Lipinski definition) is 8. The number of halogens is 2. The van der Waals surface area contributed by atoms with Gasteiger partial charge in [-0.25, -0.2) is 0 Å². The molecule has 2 rings (SSSR count). The van der Waals surface area contributed by atoms with E-state index >= 15 is 0 Å². The van der Waals surface area contributed by atoms with E-state index in [2.05, 4.69) is 10.2 Å². The average Bonchev–Trinajstić information content (AvgIpc) is 2.59. The molecule has 0 unspecified atom stereocenters. The van der Waals surface area contributed by atoms with E-state index in [1.54, 1.807) is 6.07 Å². The molecule has 5 N–H and O–H groups in total. The minimum Gasteiger partial charge on any atom is -0.507 e. The molecular formula is C14H12Cl2N2O7S. The highest BCUT2D eigenvalue weighted by atomic mass is 35.5. The highest BCUT2D eigenvalue weighted by Gasteiger charge is 1.99. The van der Waals surface area contributed by atoms with Crippen molar-refractivity contribution in [3.05, 3.63) is 57.6 Å². The molecule has 0 atom stereocenters. The van der Waals surface area contributed by atoms with Crippen molar-refractivity contribution in [2.45, 2.75) is 0 Å². The third kappa shape index (κ3) is 9.80. The number of benzene rings is 2. The molecule has 0 heterocycles. The third-order valence-corrected chi connectivity index (χ3v) is 3.03. The SMILES string of the molecule is N#Cc1cc(Cl)ccc1O.NOS(=O)(=O)O.O=Cc1cc(Cl)ccc1O. The lowest BCUT2D eigenvalue weighted by molar-refractivity contribution is 0.112. The molecule has 9 nitrogen and oxygen atoms in total. The number of aldehydes is 1. The summed E-state index contributed by atoms with van der Waals surface area (Å²) in [7, 11) is -4.38. The van der Waals surface area contributed by atoms with Crippen LogP contribution in [0.1, 0.15) is 15.9 Å². The van der Waals surface area contributed by atoms with Crippen LogP contribution in [-0.2, 0) is 14.7 Å². The first-order chi connectivity index (χ1) is 12.0. The van der Waals surface area contributed by atoms with Gasteiger partial charge < -0.3 is 10.2 Å². The summed E-state index contributed by atoms with van der Waals surface area (Å²) in [5.41, 5.74) is 0.417. The van der Waals surface area contributed by atoms with E-state index in [9.17, 15) is 13.2 Å². The van der Waals surface area contributed by atoms with E-state index in [-0.39, 0.29) is 22.6 Å². The van der Waals surface area contributed by atoms with Gasteiger partial charge >= 0.3 is 10.4 Å². The first kappa shape index (κ1) is 23.6. The summed E-state index contributed by atoms with van der Waals surface area (Å²) in [5.74, 6) is 3.89. The molecule has 0 spiro atoms. The number of carbonyl (C=O) groups excluding carboxylic acids is 1. The Hall–Kier alpha value is -2.39. The van der Waals surface area contributed by atoms with Gasteiger partial charge in [-0.15, -0.1) is 0 Å². The number of phenols is 2. The van der Waals surface area contributed by atoms with E-state index in [1.165, 1.54) is 36.4 Å². The van der Waals surface area contributed by atoms with Crippen molar-refractivity contribution in [2.75, 3.05) is 0 Å². The molecule has 0 fully saturated rings. The van der Waals surface area contributed by atoms with E-state index in [4.69, 9.17) is 43.2 Å². The van der Waals surface area contributed by atoms with Gasteiger partial charge in [0, 0.05) is 10.0 Å². The van der Waals surface area contributed by atoms with Crippen LogP contribution in [-0.4, -0.2) is 29.5 Å². The van der Waals surface area contributed by atoms with Crippen LogP contribution >= 0.6 is 23.2 Å². The molecule has 26 heavy (non-hydrogen) atoms. The Balaban J connectivity index is 0.000000375. The molecule has 140 valence electrons. The minimum atomic E-state index is -4.38. The summed E-state index contributed by atoms with van der Waals surface area (Å²) in [6, 6.07) is 10.4. The number of nitrogens with zero attached hydrogens (tertiary/aromatic N) is 1. The van der Waals surface area contributed by atoms with Gasteiger partial charge in [-0.2, -0.15) is 23.9 Å². The average molecular weight is 423 g/mol. The molecule has 0 saturated heterocycles. The number of hydrogen-bond donors (Lipinski definition) is 4. The van der Waals surface area contributed by atoms with Crippen molar-refractivity contribution in [2.24, 2.45) is 5.90 Å². The number of carbonyl (C=O) groups is 1. The highest BCUT2D eigenvalue weighted by Crippen LogP contribution is 2.20. The van der Waals surface area contributed by atoms with Crippen molar-refractivity contribution in [1.29, 1.82) is 5.26 Å². The van der Waals surface area contributed by atoms with Gasteiger partial charge in [-0.05, 0) is 36.4 Å². The minimum absolute atomic E-state index is 0.0353. The van der Waals surface area contributed by atoms with E-state index in [0.29, 0.717) is 16.3 Å². The summed E-state index contributed by atoms with van der Waals surface area (Å²) in [5, 5.41) is 27.2. The van der Waals surface area contributed by atoms with E-state index < -0.39 is 10.4 Å². The van der Waals surface area contributed by atoms with Gasteiger partial charge in [0.1, 0.15) is 17.6 Å². The molecule has 0 saturated carbocycles. The Morgan fingerprint density at radius 1 is 1.08 bits per heavy atom. The van der Waals surface area contributed by atoms with E-state index in [1.807, 2.05) is 0 Å². The quantitative estimate of drug-likeness (QED) is 0.322. The van der Waals surface area contributed by atoms with Crippen LogP contribution in [0.3, 0.4) is 0 Å². The standard InChI is InChI=1S/C7H4ClNO.C7H5ClO2.H3NO4S/c2*8-6-1-2-7(10)5(3-6)4-9;1-5-6(2,3)4/h1-3,10H;1-4,10H;1H2,(H,2,3,4). The molecule has 0 radical (unpaired) electrons. The molecule has 0 aromatic heterocycles. The fraction of sp³-hybridized carbons (Fsp3) is 0. The molecule has 2 aromatic carbocycles. The van der Waals surface area contributed by atoms with Crippen molar-refractivity contribution in [3.63, 3.8) is 0 Å². The van der Waals surface area contributed by atoms with Gasteiger partial charge in [0.25, 0.3) is 0 Å². The van der Waals surface area contributed by atoms with Crippen molar-refractivity contribution in [3.8, 4) is 17.6 Å². The van der Waals surface area contributed by atoms with E-state index in [0.717, 1.165) is 0 Å². The van der Waals surface area contributed by atoms with Crippen LogP contribution in [0.4, 0.5) is 0 Å². The summed E-state index contributed by atoms with van der Waals surface area (Å²) < 4.78 is 28.8. The second-order valence-electron chi connectivity index (χ2n) is 4.12. The third-order valence-electron chi connectivity index (χ3n) is 2.32. The van der Waals surface area contributed by atoms with Gasteiger partial charge in [0.2, 0.25) is 0 Å². The lowest BCUT2D eigenvalue weighted by Gasteiger charge is -1.94. The molecule has 0 aliphatic carbocycles. The predicted molar refractivity (Wildman–Crippen MR) is 93.2 cm³/mol. The fourth-order valence-electron chi connectivity index (χ4n) is 1.22. The largest absolute Gasteiger partial charge is 0.507 e. The van der Waals surface area contributed by atoms with Crippen LogP contribution in [0, 0.1) is 11.3 Å². The molecule has 0 amide bonds. The number of rotatable bonds is 2. The predicted octanol–water partition coefficient (Wildman–Crippen LogP) is 2.45. The van der Waals surface area contributed by atoms with Crippen LogP contribution in [0.2, 0.25) is 10.0 Å². The zero-order valence-electron chi connectivity index (χ0n) is 12.7. The lowest BCUT2D eigenvalue weighted by atomic mass is 10.2. The highest BCUT2D eigenvalue weighted by molar-refractivity contribution is 7.80. The molecule has 0 aliphatic heterocycles. The Kier molecular flexibility index (Phi) is 10.2. The van der Waals surface area contributed by atoms with Gasteiger partial charge in [-0.1, -0.05) is 23.2 Å². The summed E-state index contributed by atoms with van der Waals surface area (Å²) in [6.45, 7) is 0.